The largest absolute Gasteiger partial charge is 0.497 e. The summed E-state index contributed by atoms with van der Waals surface area (Å²) in [5, 5.41) is 3.19. The van der Waals surface area contributed by atoms with Crippen molar-refractivity contribution >= 4 is 11.4 Å². The molecule has 0 aliphatic carbocycles. The van der Waals surface area contributed by atoms with Crippen LogP contribution in [0.2, 0.25) is 0 Å². The van der Waals surface area contributed by atoms with Gasteiger partial charge in [0, 0.05) is 6.07 Å². The minimum Gasteiger partial charge on any atom is -0.497 e. The number of nitrogens with two attached hydrogens (primary N) is 1. The van der Waals surface area contributed by atoms with Crippen LogP contribution in [-0.2, 0) is 6.54 Å². The Bertz CT molecular complexity index is 452. The third-order valence-electron chi connectivity index (χ3n) is 2.29. The van der Waals surface area contributed by atoms with Crippen LogP contribution < -0.4 is 15.8 Å². The Hall–Kier alpha value is -2.10. The van der Waals surface area contributed by atoms with Crippen LogP contribution in [-0.4, -0.2) is 7.11 Å². The molecule has 0 amide bonds. The molecule has 4 nitrogen and oxygen atoms in total. The average molecular weight is 218 g/mol. The second kappa shape index (κ2) is 4.61. The number of methoxy groups -OCH3 is 1. The van der Waals surface area contributed by atoms with Gasteiger partial charge in [0.25, 0.3) is 0 Å². The van der Waals surface area contributed by atoms with Gasteiger partial charge >= 0.3 is 0 Å². The maximum atomic E-state index is 5.83. The summed E-state index contributed by atoms with van der Waals surface area (Å²) in [6.45, 7) is 0.602. The van der Waals surface area contributed by atoms with Crippen LogP contribution in [0.1, 0.15) is 5.76 Å². The first-order chi connectivity index (χ1) is 7.79. The van der Waals surface area contributed by atoms with E-state index in [0.717, 1.165) is 17.2 Å². The standard InChI is InChI=1S/C12H14N2O2/c1-15-9-4-5-11(13)12(7-9)14-8-10-3-2-6-16-10/h2-7,14H,8,13H2,1H3. The third-order valence-corrected chi connectivity index (χ3v) is 2.29. The molecule has 0 radical (unpaired) electrons. The molecule has 0 saturated heterocycles. The molecule has 0 aliphatic rings. The summed E-state index contributed by atoms with van der Waals surface area (Å²) in [5.41, 5.74) is 7.37. The molecule has 0 fully saturated rings. The summed E-state index contributed by atoms with van der Waals surface area (Å²) in [6.07, 6.45) is 1.64. The van der Waals surface area contributed by atoms with Crippen molar-refractivity contribution < 1.29 is 9.15 Å². The molecule has 1 aromatic carbocycles. The van der Waals surface area contributed by atoms with Gasteiger partial charge in [0.15, 0.2) is 0 Å². The molecule has 0 bridgehead atoms. The van der Waals surface area contributed by atoms with Gasteiger partial charge in [-0.1, -0.05) is 0 Å². The van der Waals surface area contributed by atoms with Crippen LogP contribution >= 0.6 is 0 Å². The number of ether oxygens (including phenoxy) is 1. The normalized spacial score (nSPS) is 10.1. The molecule has 3 N–H and O–H groups in total. The number of rotatable bonds is 4. The molecule has 0 saturated carbocycles. The van der Waals surface area contributed by atoms with Gasteiger partial charge in [-0.05, 0) is 24.3 Å². The molecule has 84 valence electrons. The van der Waals surface area contributed by atoms with Gasteiger partial charge in [0.2, 0.25) is 0 Å². The molecule has 0 unspecified atom stereocenters. The molecular formula is C12H14N2O2. The van der Waals surface area contributed by atoms with Gasteiger partial charge in [-0.3, -0.25) is 0 Å². The fraction of sp³-hybridized carbons (Fsp3) is 0.167. The second-order valence-electron chi connectivity index (χ2n) is 3.39. The number of nitrogen functional groups attached to an aromatic ring is 1. The Kier molecular flexibility index (Phi) is 3.00. The monoisotopic (exact) mass is 218 g/mol. The minimum atomic E-state index is 0.602. The Balaban J connectivity index is 2.08. The van der Waals surface area contributed by atoms with Crippen molar-refractivity contribution in [2.45, 2.75) is 6.54 Å². The molecule has 1 aromatic heterocycles. The quantitative estimate of drug-likeness (QED) is 0.774. The first-order valence-electron chi connectivity index (χ1n) is 4.99. The van der Waals surface area contributed by atoms with Crippen LogP contribution in [0.15, 0.2) is 41.0 Å². The summed E-state index contributed by atoms with van der Waals surface area (Å²) < 4.78 is 10.3. The zero-order valence-electron chi connectivity index (χ0n) is 9.07. The van der Waals surface area contributed by atoms with Gasteiger partial charge in [-0.25, -0.2) is 0 Å². The van der Waals surface area contributed by atoms with E-state index in [4.69, 9.17) is 14.9 Å². The van der Waals surface area contributed by atoms with Crippen molar-refractivity contribution in [1.82, 2.24) is 0 Å². The van der Waals surface area contributed by atoms with Crippen molar-refractivity contribution in [2.75, 3.05) is 18.2 Å². The molecule has 4 heteroatoms. The smallest absolute Gasteiger partial charge is 0.122 e. The number of hydrogen-bond donors (Lipinski definition) is 2. The van der Waals surface area contributed by atoms with Crippen LogP contribution in [0.4, 0.5) is 11.4 Å². The van der Waals surface area contributed by atoms with E-state index in [9.17, 15) is 0 Å². The molecule has 0 aliphatic heterocycles. The molecule has 0 spiro atoms. The lowest BCUT2D eigenvalue weighted by atomic mass is 10.2. The van der Waals surface area contributed by atoms with Crippen molar-refractivity contribution in [2.24, 2.45) is 0 Å². The van der Waals surface area contributed by atoms with E-state index < -0.39 is 0 Å². The first-order valence-corrected chi connectivity index (χ1v) is 4.99. The zero-order chi connectivity index (χ0) is 11.4. The van der Waals surface area contributed by atoms with Crippen LogP contribution in [0, 0.1) is 0 Å². The highest BCUT2D eigenvalue weighted by atomic mass is 16.5. The molecular weight excluding hydrogens is 204 g/mol. The summed E-state index contributed by atoms with van der Waals surface area (Å²) >= 11 is 0. The molecule has 0 atom stereocenters. The topological polar surface area (TPSA) is 60.4 Å². The van der Waals surface area contributed by atoms with Crippen LogP contribution in [0.25, 0.3) is 0 Å². The number of furan rings is 1. The zero-order valence-corrected chi connectivity index (χ0v) is 9.07. The molecule has 1 heterocycles. The Morgan fingerprint density at radius 2 is 2.25 bits per heavy atom. The van der Waals surface area contributed by atoms with E-state index in [-0.39, 0.29) is 0 Å². The number of anilines is 2. The lowest BCUT2D eigenvalue weighted by molar-refractivity contribution is 0.415. The molecule has 16 heavy (non-hydrogen) atoms. The lowest BCUT2D eigenvalue weighted by Crippen LogP contribution is -2.01. The summed E-state index contributed by atoms with van der Waals surface area (Å²) in [5.74, 6) is 1.64. The SMILES string of the molecule is COc1ccc(N)c(NCc2ccco2)c1. The van der Waals surface area contributed by atoms with Crippen molar-refractivity contribution in [3.63, 3.8) is 0 Å². The summed E-state index contributed by atoms with van der Waals surface area (Å²) in [6, 6.07) is 9.25. The molecule has 2 aromatic rings. The third kappa shape index (κ3) is 2.28. The highest BCUT2D eigenvalue weighted by molar-refractivity contribution is 5.68. The number of hydrogen-bond acceptors (Lipinski definition) is 4. The maximum Gasteiger partial charge on any atom is 0.122 e. The minimum absolute atomic E-state index is 0.602. The molecule has 2 rings (SSSR count). The van der Waals surface area contributed by atoms with E-state index in [1.807, 2.05) is 30.3 Å². The number of nitrogens with one attached hydrogen (secondary N) is 1. The highest BCUT2D eigenvalue weighted by Crippen LogP contribution is 2.24. The highest BCUT2D eigenvalue weighted by Gasteiger charge is 2.02. The van der Waals surface area contributed by atoms with E-state index >= 15 is 0 Å². The fourth-order valence-electron chi connectivity index (χ4n) is 1.41. The Labute approximate surface area is 94.0 Å². The van der Waals surface area contributed by atoms with E-state index in [1.165, 1.54) is 0 Å². The predicted octanol–water partition coefficient (Wildman–Crippen LogP) is 2.48. The first kappa shape index (κ1) is 10.4. The average Bonchev–Trinajstić information content (AvgIpc) is 2.81. The summed E-state index contributed by atoms with van der Waals surface area (Å²) in [4.78, 5) is 0. The van der Waals surface area contributed by atoms with E-state index in [2.05, 4.69) is 5.32 Å². The Morgan fingerprint density at radius 1 is 1.38 bits per heavy atom. The van der Waals surface area contributed by atoms with Crippen LogP contribution in [0.3, 0.4) is 0 Å². The fourth-order valence-corrected chi connectivity index (χ4v) is 1.41. The van der Waals surface area contributed by atoms with E-state index in [1.54, 1.807) is 13.4 Å². The van der Waals surface area contributed by atoms with Crippen LogP contribution in [0.5, 0.6) is 5.75 Å². The lowest BCUT2D eigenvalue weighted by Gasteiger charge is -2.09. The predicted molar refractivity (Wildman–Crippen MR) is 63.4 cm³/mol. The van der Waals surface area contributed by atoms with Gasteiger partial charge in [-0.2, -0.15) is 0 Å². The van der Waals surface area contributed by atoms with Gasteiger partial charge in [0.1, 0.15) is 11.5 Å². The van der Waals surface area contributed by atoms with Crippen molar-refractivity contribution in [3.8, 4) is 5.75 Å². The maximum absolute atomic E-state index is 5.83. The van der Waals surface area contributed by atoms with E-state index in [0.29, 0.717) is 12.2 Å². The van der Waals surface area contributed by atoms with Crippen molar-refractivity contribution in [1.29, 1.82) is 0 Å². The van der Waals surface area contributed by atoms with Gasteiger partial charge < -0.3 is 20.2 Å². The van der Waals surface area contributed by atoms with Gasteiger partial charge in [-0.15, -0.1) is 0 Å². The Morgan fingerprint density at radius 3 is 2.94 bits per heavy atom. The number of benzene rings is 1. The summed E-state index contributed by atoms with van der Waals surface area (Å²) in [7, 11) is 1.63. The van der Waals surface area contributed by atoms with Crippen molar-refractivity contribution in [3.05, 3.63) is 42.4 Å². The van der Waals surface area contributed by atoms with Gasteiger partial charge in [0.05, 0.1) is 31.3 Å². The second-order valence-corrected chi connectivity index (χ2v) is 3.39.